The molecule has 0 bridgehead atoms. The van der Waals surface area contributed by atoms with Gasteiger partial charge in [0.15, 0.2) is 0 Å². The molecule has 2 aromatic rings. The molecular formula is C32H56N8O4S2. The van der Waals surface area contributed by atoms with Crippen molar-refractivity contribution in [1.29, 1.82) is 0 Å². The second kappa shape index (κ2) is 20.5. The van der Waals surface area contributed by atoms with Gasteiger partial charge in [-0.05, 0) is 49.0 Å². The number of aromatic nitrogens is 6. The first kappa shape index (κ1) is 41.3. The van der Waals surface area contributed by atoms with Crippen LogP contribution in [-0.4, -0.2) is 99.5 Å². The number of hydrogen-bond acceptors (Lipinski definition) is 10. The number of likely N-dealkylation sites (tertiary alicyclic amines) is 2. The lowest BCUT2D eigenvalue weighted by Gasteiger charge is -2.16. The van der Waals surface area contributed by atoms with Crippen molar-refractivity contribution in [1.82, 2.24) is 39.8 Å². The van der Waals surface area contributed by atoms with Crippen molar-refractivity contribution in [2.75, 3.05) is 25.6 Å². The third kappa shape index (κ3) is 15.2. The Morgan fingerprint density at radius 3 is 1.76 bits per heavy atom. The third-order valence-corrected chi connectivity index (χ3v) is 9.05. The molecule has 2 aliphatic heterocycles. The number of nitrogens with zero attached hydrogens (tertiary/aromatic N) is 8. The molecule has 2 fully saturated rings. The first-order valence-corrected chi connectivity index (χ1v) is 18.3. The summed E-state index contributed by atoms with van der Waals surface area (Å²) in [4.78, 5) is 48.1. The van der Waals surface area contributed by atoms with E-state index in [1.807, 2.05) is 51.2 Å². The smallest absolute Gasteiger partial charge is 0.242 e. The molecule has 14 heteroatoms. The molecule has 2 saturated heterocycles. The van der Waals surface area contributed by atoms with Gasteiger partial charge in [0.25, 0.3) is 0 Å². The number of amides is 4. The van der Waals surface area contributed by atoms with E-state index >= 15 is 0 Å². The van der Waals surface area contributed by atoms with Crippen LogP contribution < -0.4 is 0 Å². The Bertz CT molecular complexity index is 1200. The van der Waals surface area contributed by atoms with Crippen molar-refractivity contribution in [3.05, 3.63) is 23.8 Å². The summed E-state index contributed by atoms with van der Waals surface area (Å²) in [6, 6.07) is 0. The predicted octanol–water partition coefficient (Wildman–Crippen LogP) is 4.52. The predicted molar refractivity (Wildman–Crippen MR) is 186 cm³/mol. The molecule has 0 aliphatic carbocycles. The number of carbonyl (C=O) groups excluding carboxylic acids is 4. The maximum atomic E-state index is 11.6. The van der Waals surface area contributed by atoms with Gasteiger partial charge in [-0.2, -0.15) is 11.8 Å². The molecule has 0 spiro atoms. The van der Waals surface area contributed by atoms with Gasteiger partial charge < -0.3 is 0 Å². The van der Waals surface area contributed by atoms with Gasteiger partial charge in [0, 0.05) is 52.4 Å². The molecule has 12 nitrogen and oxygen atoms in total. The van der Waals surface area contributed by atoms with Crippen molar-refractivity contribution in [3.63, 3.8) is 0 Å². The molecule has 0 saturated carbocycles. The lowest BCUT2D eigenvalue weighted by molar-refractivity contribution is -0.139. The molecular weight excluding hydrogens is 625 g/mol. The van der Waals surface area contributed by atoms with Gasteiger partial charge in [-0.3, -0.25) is 38.3 Å². The van der Waals surface area contributed by atoms with Crippen LogP contribution in [0.2, 0.25) is 0 Å². The van der Waals surface area contributed by atoms with E-state index in [1.165, 1.54) is 21.6 Å². The highest BCUT2D eigenvalue weighted by Crippen LogP contribution is 2.25. The fraction of sp³-hybridized carbons (Fsp3) is 0.750. The Balaban J connectivity index is 0.000000309. The van der Waals surface area contributed by atoms with Gasteiger partial charge in [0.1, 0.15) is 0 Å². The van der Waals surface area contributed by atoms with Crippen LogP contribution in [0.15, 0.2) is 12.4 Å². The number of thioether (sulfide) groups is 2. The summed E-state index contributed by atoms with van der Waals surface area (Å²) in [6.45, 7) is 20.4. The molecule has 0 N–H and O–H groups in total. The van der Waals surface area contributed by atoms with Crippen LogP contribution in [0.4, 0.5) is 0 Å². The number of carbonyl (C=O) groups is 4. The van der Waals surface area contributed by atoms with E-state index in [1.54, 1.807) is 23.5 Å². The quantitative estimate of drug-likeness (QED) is 0.330. The van der Waals surface area contributed by atoms with Crippen LogP contribution in [-0.2, 0) is 39.2 Å². The molecule has 2 unspecified atom stereocenters. The van der Waals surface area contributed by atoms with Crippen molar-refractivity contribution in [2.45, 2.75) is 98.6 Å². The van der Waals surface area contributed by atoms with Gasteiger partial charge in [-0.25, -0.2) is 0 Å². The monoisotopic (exact) mass is 680 g/mol. The van der Waals surface area contributed by atoms with Crippen LogP contribution in [0.25, 0.3) is 0 Å². The molecule has 46 heavy (non-hydrogen) atoms. The molecule has 2 atom stereocenters. The summed E-state index contributed by atoms with van der Waals surface area (Å²) >= 11 is 3.06. The highest BCUT2D eigenvalue weighted by molar-refractivity contribution is 8.00. The van der Waals surface area contributed by atoms with Crippen molar-refractivity contribution >= 4 is 47.2 Å². The summed E-state index contributed by atoms with van der Waals surface area (Å²) < 4.78 is 3.61. The zero-order valence-electron chi connectivity index (χ0n) is 29.9. The standard InChI is InChI=1S/2C9H15NO2S.2C7H13N3/c1-6(2)5-10-8(11)4-7(13-3)9(10)12;1-6(2)5-13-7-4-8(11)10(3)9(7)12;1-6(2)4-7-5-10(3)9-8-7;1-6(2)4-10-5-7(3)8-9-10/h2*6-7H,4-5H2,1-3H3;2*5-6H,4H2,1-3H3. The van der Waals surface area contributed by atoms with Crippen molar-refractivity contribution in [3.8, 4) is 0 Å². The SMILES string of the molecule is CC(C)CSC1CC(=O)N(C)C1=O.CC(C)Cc1cn(C)nn1.CSC1CC(=O)N(CC(C)C)C1=O.Cc1cn(CC(C)C)nn1. The van der Waals surface area contributed by atoms with E-state index in [-0.39, 0.29) is 34.1 Å². The highest BCUT2D eigenvalue weighted by Gasteiger charge is 2.38. The molecule has 0 aromatic carbocycles. The second-order valence-electron chi connectivity index (χ2n) is 13.3. The second-order valence-corrected chi connectivity index (χ2v) is 15.6. The van der Waals surface area contributed by atoms with Gasteiger partial charge >= 0.3 is 0 Å². The molecule has 4 rings (SSSR count). The van der Waals surface area contributed by atoms with E-state index < -0.39 is 0 Å². The lowest BCUT2D eigenvalue weighted by Crippen LogP contribution is -2.34. The lowest BCUT2D eigenvalue weighted by atomic mass is 10.1. The maximum absolute atomic E-state index is 11.6. The number of imide groups is 2. The molecule has 4 heterocycles. The van der Waals surface area contributed by atoms with Gasteiger partial charge in [-0.15, -0.1) is 22.0 Å². The minimum atomic E-state index is -0.133. The van der Waals surface area contributed by atoms with Crippen LogP contribution in [0.3, 0.4) is 0 Å². The Kier molecular flexibility index (Phi) is 18.4. The minimum absolute atomic E-state index is 0.00815. The van der Waals surface area contributed by atoms with Crippen LogP contribution in [0, 0.1) is 30.6 Å². The van der Waals surface area contributed by atoms with Gasteiger partial charge in [0.2, 0.25) is 23.6 Å². The van der Waals surface area contributed by atoms with E-state index in [0.717, 1.165) is 30.1 Å². The third-order valence-electron chi connectivity index (χ3n) is 6.48. The Morgan fingerprint density at radius 1 is 0.761 bits per heavy atom. The summed E-state index contributed by atoms with van der Waals surface area (Å²) in [5, 5.41) is 15.4. The van der Waals surface area contributed by atoms with Crippen LogP contribution >= 0.6 is 23.5 Å². The largest absolute Gasteiger partial charge is 0.285 e. The summed E-state index contributed by atoms with van der Waals surface area (Å²) in [5.74, 6) is 3.06. The van der Waals surface area contributed by atoms with Crippen LogP contribution in [0.1, 0.15) is 79.6 Å². The zero-order chi connectivity index (χ0) is 35.1. The summed E-state index contributed by atoms with van der Waals surface area (Å²) in [5.41, 5.74) is 2.07. The topological polar surface area (TPSA) is 136 Å². The fourth-order valence-corrected chi connectivity index (χ4v) is 6.14. The first-order chi connectivity index (χ1) is 21.4. The average molecular weight is 681 g/mol. The van der Waals surface area contributed by atoms with E-state index in [9.17, 15) is 19.2 Å². The summed E-state index contributed by atoms with van der Waals surface area (Å²) in [7, 11) is 3.44. The van der Waals surface area contributed by atoms with Crippen LogP contribution in [0.5, 0.6) is 0 Å². The molecule has 2 aromatic heterocycles. The number of hydrogen-bond donors (Lipinski definition) is 0. The van der Waals surface area contributed by atoms with Crippen molar-refractivity contribution in [2.24, 2.45) is 30.7 Å². The highest BCUT2D eigenvalue weighted by atomic mass is 32.2. The normalized spacial score (nSPS) is 17.9. The molecule has 2 aliphatic rings. The number of aryl methyl sites for hydroxylation is 2. The Morgan fingerprint density at radius 2 is 1.37 bits per heavy atom. The van der Waals surface area contributed by atoms with Crippen molar-refractivity contribution < 1.29 is 19.2 Å². The van der Waals surface area contributed by atoms with Gasteiger partial charge in [0.05, 0.1) is 21.9 Å². The Labute approximate surface area is 284 Å². The molecule has 0 radical (unpaired) electrons. The van der Waals surface area contributed by atoms with Gasteiger partial charge in [-0.1, -0.05) is 65.8 Å². The zero-order valence-corrected chi connectivity index (χ0v) is 31.5. The first-order valence-electron chi connectivity index (χ1n) is 16.0. The average Bonchev–Trinajstić information content (AvgIpc) is 3.69. The van der Waals surface area contributed by atoms with E-state index in [4.69, 9.17) is 0 Å². The van der Waals surface area contributed by atoms with E-state index in [2.05, 4.69) is 62.2 Å². The fourth-order valence-electron chi connectivity index (χ4n) is 4.32. The summed E-state index contributed by atoms with van der Waals surface area (Å²) in [6.07, 6.45) is 7.57. The number of rotatable bonds is 10. The molecule has 4 amide bonds. The minimum Gasteiger partial charge on any atom is -0.285 e. The maximum Gasteiger partial charge on any atom is 0.242 e. The van der Waals surface area contributed by atoms with E-state index in [0.29, 0.717) is 43.1 Å². The Hall–Kier alpha value is -2.74. The molecule has 260 valence electrons.